The first kappa shape index (κ1) is 19.4. The molecule has 134 valence electrons. The van der Waals surface area contributed by atoms with Crippen molar-refractivity contribution < 1.29 is 19.7 Å². The number of phenolic OH excluding ortho intramolecular Hbond substituents is 1. The standard InChI is InChI=1S/C18H20ClNO4S/c1-24-15-5-12(4-14(21)9-15)10-20-17(18(22)23)7-11-3-13(19)8-16(6-11)25-2/h3-6,8-9,17,20-21H,7,10H2,1-2H3,(H,22,23). The van der Waals surface area contributed by atoms with Gasteiger partial charge >= 0.3 is 5.97 Å². The van der Waals surface area contributed by atoms with E-state index in [0.717, 1.165) is 16.0 Å². The van der Waals surface area contributed by atoms with Crippen molar-refractivity contribution in [3.05, 3.63) is 52.5 Å². The van der Waals surface area contributed by atoms with E-state index in [9.17, 15) is 15.0 Å². The van der Waals surface area contributed by atoms with Gasteiger partial charge in [-0.1, -0.05) is 11.6 Å². The lowest BCUT2D eigenvalue weighted by Crippen LogP contribution is -2.38. The molecular formula is C18H20ClNO4S. The van der Waals surface area contributed by atoms with Gasteiger partial charge in [-0.3, -0.25) is 4.79 Å². The third-order valence-corrected chi connectivity index (χ3v) is 4.57. The number of methoxy groups -OCH3 is 1. The Labute approximate surface area is 156 Å². The van der Waals surface area contributed by atoms with Gasteiger partial charge in [-0.05, 0) is 54.1 Å². The maximum absolute atomic E-state index is 11.6. The molecule has 0 saturated heterocycles. The molecule has 2 rings (SSSR count). The van der Waals surface area contributed by atoms with Gasteiger partial charge in [0.1, 0.15) is 17.5 Å². The third-order valence-electron chi connectivity index (χ3n) is 3.64. The molecule has 0 spiro atoms. The molecule has 0 radical (unpaired) electrons. The van der Waals surface area contributed by atoms with Crippen molar-refractivity contribution in [2.45, 2.75) is 23.9 Å². The number of aromatic hydroxyl groups is 1. The maximum Gasteiger partial charge on any atom is 0.321 e. The van der Waals surface area contributed by atoms with Crippen molar-refractivity contribution in [2.24, 2.45) is 0 Å². The molecule has 0 saturated carbocycles. The number of carbonyl (C=O) groups is 1. The number of rotatable bonds is 8. The lowest BCUT2D eigenvalue weighted by atomic mass is 10.1. The average Bonchev–Trinajstić information content (AvgIpc) is 2.57. The van der Waals surface area contributed by atoms with E-state index in [2.05, 4.69) is 5.32 Å². The van der Waals surface area contributed by atoms with Crippen molar-refractivity contribution in [1.29, 1.82) is 0 Å². The summed E-state index contributed by atoms with van der Waals surface area (Å²) in [4.78, 5) is 12.6. The number of phenols is 1. The van der Waals surface area contributed by atoms with E-state index in [1.165, 1.54) is 13.2 Å². The van der Waals surface area contributed by atoms with Gasteiger partial charge in [-0.25, -0.2) is 0 Å². The number of carboxylic acids is 1. The number of ether oxygens (including phenoxy) is 1. The van der Waals surface area contributed by atoms with Crippen LogP contribution in [0, 0.1) is 0 Å². The second-order valence-electron chi connectivity index (χ2n) is 5.51. The predicted molar refractivity (Wildman–Crippen MR) is 99.9 cm³/mol. The van der Waals surface area contributed by atoms with Gasteiger partial charge in [-0.15, -0.1) is 11.8 Å². The van der Waals surface area contributed by atoms with Crippen LogP contribution in [0.4, 0.5) is 0 Å². The van der Waals surface area contributed by atoms with E-state index in [4.69, 9.17) is 16.3 Å². The third kappa shape index (κ3) is 5.85. The number of carboxylic acid groups (broad SMARTS) is 1. The van der Waals surface area contributed by atoms with E-state index < -0.39 is 12.0 Å². The number of nitrogens with one attached hydrogen (secondary N) is 1. The summed E-state index contributed by atoms with van der Waals surface area (Å²) < 4.78 is 5.10. The summed E-state index contributed by atoms with van der Waals surface area (Å²) in [6.45, 7) is 0.289. The molecule has 0 aliphatic carbocycles. The van der Waals surface area contributed by atoms with Crippen molar-refractivity contribution in [3.63, 3.8) is 0 Å². The lowest BCUT2D eigenvalue weighted by molar-refractivity contribution is -0.139. The summed E-state index contributed by atoms with van der Waals surface area (Å²) in [5.74, 6) is -0.358. The summed E-state index contributed by atoms with van der Waals surface area (Å²) in [5.41, 5.74) is 1.59. The van der Waals surface area contributed by atoms with Gasteiger partial charge < -0.3 is 20.3 Å². The monoisotopic (exact) mass is 381 g/mol. The Bertz CT molecular complexity index is 754. The second kappa shape index (κ2) is 8.99. The average molecular weight is 382 g/mol. The highest BCUT2D eigenvalue weighted by Crippen LogP contribution is 2.24. The molecule has 0 aromatic heterocycles. The highest BCUT2D eigenvalue weighted by molar-refractivity contribution is 7.98. The number of aliphatic carboxylic acids is 1. The van der Waals surface area contributed by atoms with Crippen molar-refractivity contribution in [3.8, 4) is 11.5 Å². The smallest absolute Gasteiger partial charge is 0.321 e. The second-order valence-corrected chi connectivity index (χ2v) is 6.83. The Hall–Kier alpha value is -1.89. The van der Waals surface area contributed by atoms with Crippen LogP contribution in [0.15, 0.2) is 41.3 Å². The van der Waals surface area contributed by atoms with Crippen LogP contribution in [0.3, 0.4) is 0 Å². The fraction of sp³-hybridized carbons (Fsp3) is 0.278. The predicted octanol–water partition coefficient (Wildman–Crippen LogP) is 3.56. The summed E-state index contributed by atoms with van der Waals surface area (Å²) in [6.07, 6.45) is 2.25. The Morgan fingerprint density at radius 2 is 2.00 bits per heavy atom. The largest absolute Gasteiger partial charge is 0.508 e. The summed E-state index contributed by atoms with van der Waals surface area (Å²) >= 11 is 7.65. The Morgan fingerprint density at radius 3 is 2.64 bits per heavy atom. The molecule has 0 amide bonds. The molecule has 0 bridgehead atoms. The zero-order valence-corrected chi connectivity index (χ0v) is 15.5. The van der Waals surface area contributed by atoms with E-state index in [0.29, 0.717) is 17.2 Å². The summed E-state index contributed by atoms with van der Waals surface area (Å²) in [6, 6.07) is 9.59. The highest BCUT2D eigenvalue weighted by atomic mass is 35.5. The number of benzene rings is 2. The SMILES string of the molecule is COc1cc(O)cc(CNC(Cc2cc(Cl)cc(SC)c2)C(=O)O)c1. The van der Waals surface area contributed by atoms with Crippen LogP contribution in [0.2, 0.25) is 5.02 Å². The number of thioether (sulfide) groups is 1. The molecule has 1 atom stereocenters. The van der Waals surface area contributed by atoms with Crippen molar-refractivity contribution in [1.82, 2.24) is 5.32 Å². The van der Waals surface area contributed by atoms with E-state index in [-0.39, 0.29) is 12.3 Å². The first-order valence-electron chi connectivity index (χ1n) is 7.58. The first-order chi connectivity index (χ1) is 11.9. The molecule has 5 nitrogen and oxygen atoms in total. The van der Waals surface area contributed by atoms with Crippen LogP contribution in [0.1, 0.15) is 11.1 Å². The van der Waals surface area contributed by atoms with Crippen LogP contribution in [0.25, 0.3) is 0 Å². The Kier molecular flexibility index (Phi) is 6.99. The van der Waals surface area contributed by atoms with E-state index >= 15 is 0 Å². The van der Waals surface area contributed by atoms with Crippen LogP contribution >= 0.6 is 23.4 Å². The molecule has 0 heterocycles. The van der Waals surface area contributed by atoms with Gasteiger partial charge in [-0.2, -0.15) is 0 Å². The van der Waals surface area contributed by atoms with E-state index in [1.54, 1.807) is 30.0 Å². The number of halogens is 1. The molecule has 0 aliphatic rings. The van der Waals surface area contributed by atoms with E-state index in [1.807, 2.05) is 18.4 Å². The van der Waals surface area contributed by atoms with Gasteiger partial charge in [0.05, 0.1) is 7.11 Å². The fourth-order valence-electron chi connectivity index (χ4n) is 2.44. The molecule has 7 heteroatoms. The number of hydrogen-bond acceptors (Lipinski definition) is 5. The molecule has 0 aliphatic heterocycles. The zero-order chi connectivity index (χ0) is 18.4. The number of hydrogen-bond donors (Lipinski definition) is 3. The molecule has 3 N–H and O–H groups in total. The van der Waals surface area contributed by atoms with Crippen LogP contribution in [-0.4, -0.2) is 35.6 Å². The van der Waals surface area contributed by atoms with Crippen LogP contribution < -0.4 is 10.1 Å². The summed E-state index contributed by atoms with van der Waals surface area (Å²) in [7, 11) is 1.51. The zero-order valence-electron chi connectivity index (χ0n) is 14.0. The molecule has 0 fully saturated rings. The molecule has 2 aromatic rings. The topological polar surface area (TPSA) is 78.8 Å². The van der Waals surface area contributed by atoms with Gasteiger partial charge in [0.2, 0.25) is 0 Å². The Balaban J connectivity index is 2.10. The minimum atomic E-state index is -0.946. The molecule has 2 aromatic carbocycles. The van der Waals surface area contributed by atoms with Crippen LogP contribution in [-0.2, 0) is 17.8 Å². The lowest BCUT2D eigenvalue weighted by Gasteiger charge is -2.16. The quantitative estimate of drug-likeness (QED) is 0.607. The molecule has 1 unspecified atom stereocenters. The van der Waals surface area contributed by atoms with Gasteiger partial charge in [0, 0.05) is 22.5 Å². The minimum absolute atomic E-state index is 0.0717. The highest BCUT2D eigenvalue weighted by Gasteiger charge is 2.18. The van der Waals surface area contributed by atoms with Crippen LogP contribution in [0.5, 0.6) is 11.5 Å². The van der Waals surface area contributed by atoms with Crippen molar-refractivity contribution in [2.75, 3.05) is 13.4 Å². The maximum atomic E-state index is 11.6. The normalized spacial score (nSPS) is 12.0. The minimum Gasteiger partial charge on any atom is -0.508 e. The molecular weight excluding hydrogens is 362 g/mol. The van der Waals surface area contributed by atoms with Gasteiger partial charge in [0.15, 0.2) is 0 Å². The van der Waals surface area contributed by atoms with Crippen molar-refractivity contribution >= 4 is 29.3 Å². The van der Waals surface area contributed by atoms with Gasteiger partial charge in [0.25, 0.3) is 0 Å². The first-order valence-corrected chi connectivity index (χ1v) is 9.18. The summed E-state index contributed by atoms with van der Waals surface area (Å²) in [5, 5.41) is 22.8. The Morgan fingerprint density at radius 1 is 1.24 bits per heavy atom. The molecule has 25 heavy (non-hydrogen) atoms. The fourth-order valence-corrected chi connectivity index (χ4v) is 3.28.